The zero-order chi connectivity index (χ0) is 17.9. The Morgan fingerprint density at radius 3 is 2.00 bits per heavy atom. The van der Waals surface area contributed by atoms with Gasteiger partial charge in [0.2, 0.25) is 0 Å². The number of esters is 2. The van der Waals surface area contributed by atoms with Crippen LogP contribution in [-0.4, -0.2) is 25.2 Å². The van der Waals surface area contributed by atoms with Crippen molar-refractivity contribution >= 4 is 11.9 Å². The summed E-state index contributed by atoms with van der Waals surface area (Å²) in [7, 11) is 0. The Hall–Kier alpha value is -1.58. The normalized spacial score (nSPS) is 9.35. The Labute approximate surface area is 141 Å². The highest BCUT2D eigenvalue weighted by Crippen LogP contribution is 2.05. The number of hydrogen-bond acceptors (Lipinski definition) is 4. The highest BCUT2D eigenvalue weighted by Gasteiger charge is 2.06. The number of hydrogen-bond donors (Lipinski definition) is 0. The van der Waals surface area contributed by atoms with Crippen molar-refractivity contribution in [3.05, 3.63) is 24.8 Å². The summed E-state index contributed by atoms with van der Waals surface area (Å²) in [5.74, 6) is -0.549. The number of carbonyl (C=O) groups is 2. The minimum absolute atomic E-state index is 0.219. The summed E-state index contributed by atoms with van der Waals surface area (Å²) in [5.41, 5.74) is 0.600. The van der Waals surface area contributed by atoms with Crippen molar-refractivity contribution in [3.8, 4) is 0 Å². The van der Waals surface area contributed by atoms with Crippen LogP contribution in [0.15, 0.2) is 24.8 Å². The molecule has 4 heteroatoms. The van der Waals surface area contributed by atoms with E-state index < -0.39 is 0 Å². The van der Waals surface area contributed by atoms with E-state index >= 15 is 0 Å². The van der Waals surface area contributed by atoms with E-state index in [0.29, 0.717) is 18.8 Å². The summed E-state index contributed by atoms with van der Waals surface area (Å²) in [4.78, 5) is 21.6. The summed E-state index contributed by atoms with van der Waals surface area (Å²) in [6, 6.07) is 0. The molecule has 0 amide bonds. The number of rotatable bonds is 12. The van der Waals surface area contributed by atoms with E-state index in [1.807, 2.05) is 13.8 Å². The van der Waals surface area contributed by atoms with Gasteiger partial charge in [0.15, 0.2) is 0 Å². The van der Waals surface area contributed by atoms with E-state index in [0.717, 1.165) is 38.5 Å². The fraction of sp³-hybridized carbons (Fsp3) is 0.684. The molecular weight excluding hydrogens is 292 g/mol. The van der Waals surface area contributed by atoms with Gasteiger partial charge in [0, 0.05) is 11.6 Å². The van der Waals surface area contributed by atoms with Gasteiger partial charge in [-0.3, -0.25) is 0 Å². The first-order valence-corrected chi connectivity index (χ1v) is 8.67. The molecule has 23 heavy (non-hydrogen) atoms. The van der Waals surface area contributed by atoms with Crippen LogP contribution in [0, 0.1) is 0 Å². The topological polar surface area (TPSA) is 52.6 Å². The minimum Gasteiger partial charge on any atom is -0.463 e. The molecule has 0 aliphatic heterocycles. The molecule has 0 bridgehead atoms. The van der Waals surface area contributed by atoms with Crippen LogP contribution >= 0.6 is 0 Å². The second kappa shape index (κ2) is 18.5. The Bertz CT molecular complexity index is 334. The van der Waals surface area contributed by atoms with Gasteiger partial charge in [0.05, 0.1) is 13.2 Å². The molecule has 0 N–H and O–H groups in total. The van der Waals surface area contributed by atoms with Gasteiger partial charge in [0.25, 0.3) is 0 Å². The lowest BCUT2D eigenvalue weighted by atomic mass is 10.2. The fourth-order valence-corrected chi connectivity index (χ4v) is 1.58. The average Bonchev–Trinajstić information content (AvgIpc) is 2.55. The van der Waals surface area contributed by atoms with Crippen LogP contribution in [-0.2, 0) is 19.1 Å². The number of unbranched alkanes of at least 4 members (excludes halogenated alkanes) is 4. The predicted octanol–water partition coefficient (Wildman–Crippen LogP) is 4.98. The maximum absolute atomic E-state index is 11.2. The molecule has 0 heterocycles. The van der Waals surface area contributed by atoms with E-state index in [9.17, 15) is 9.59 Å². The molecule has 0 aliphatic rings. The quantitative estimate of drug-likeness (QED) is 0.288. The monoisotopic (exact) mass is 326 g/mol. The summed E-state index contributed by atoms with van der Waals surface area (Å²) >= 11 is 0. The van der Waals surface area contributed by atoms with Crippen molar-refractivity contribution in [2.75, 3.05) is 13.2 Å². The van der Waals surface area contributed by atoms with Crippen molar-refractivity contribution in [1.29, 1.82) is 0 Å². The van der Waals surface area contributed by atoms with Crippen molar-refractivity contribution in [2.24, 2.45) is 0 Å². The third kappa shape index (κ3) is 18.4. The van der Waals surface area contributed by atoms with Gasteiger partial charge < -0.3 is 9.47 Å². The first-order valence-electron chi connectivity index (χ1n) is 8.67. The molecule has 0 saturated carbocycles. The Morgan fingerprint density at radius 2 is 1.48 bits per heavy atom. The molecule has 0 saturated heterocycles. The van der Waals surface area contributed by atoms with Crippen LogP contribution < -0.4 is 0 Å². The van der Waals surface area contributed by atoms with Gasteiger partial charge in [-0.25, -0.2) is 9.59 Å². The fourth-order valence-electron chi connectivity index (χ4n) is 1.58. The second-order valence-electron chi connectivity index (χ2n) is 5.28. The van der Waals surface area contributed by atoms with Gasteiger partial charge in [-0.05, 0) is 19.3 Å². The molecule has 0 atom stereocenters. The Kier molecular flexibility index (Phi) is 19.0. The molecule has 0 radical (unpaired) electrons. The van der Waals surface area contributed by atoms with Gasteiger partial charge >= 0.3 is 11.9 Å². The molecular formula is C19H34O4. The lowest BCUT2D eigenvalue weighted by Gasteiger charge is -2.05. The molecule has 0 aliphatic carbocycles. The van der Waals surface area contributed by atoms with Gasteiger partial charge in [0.1, 0.15) is 0 Å². The van der Waals surface area contributed by atoms with Crippen LogP contribution in [0.4, 0.5) is 0 Å². The van der Waals surface area contributed by atoms with E-state index in [-0.39, 0.29) is 11.9 Å². The van der Waals surface area contributed by atoms with Crippen molar-refractivity contribution < 1.29 is 19.1 Å². The molecule has 134 valence electrons. The van der Waals surface area contributed by atoms with Crippen LogP contribution in [0.25, 0.3) is 0 Å². The highest BCUT2D eigenvalue weighted by molar-refractivity contribution is 5.87. The summed E-state index contributed by atoms with van der Waals surface area (Å²) in [5, 5.41) is 0. The Morgan fingerprint density at radius 1 is 0.870 bits per heavy atom. The van der Waals surface area contributed by atoms with Gasteiger partial charge in [-0.15, -0.1) is 0 Å². The first-order chi connectivity index (χ1) is 11.0. The van der Waals surface area contributed by atoms with Crippen LogP contribution in [0.1, 0.15) is 72.1 Å². The SMILES string of the molecule is C=C(CCC)C(=O)OCCCCCC.C=CC(=O)OCCCC. The van der Waals surface area contributed by atoms with Gasteiger partial charge in [-0.1, -0.05) is 66.0 Å². The lowest BCUT2D eigenvalue weighted by molar-refractivity contribution is -0.139. The first kappa shape index (κ1) is 23.7. The van der Waals surface area contributed by atoms with Gasteiger partial charge in [-0.2, -0.15) is 0 Å². The number of ether oxygens (including phenoxy) is 2. The summed E-state index contributed by atoms with van der Waals surface area (Å²) in [6.07, 6.45) is 9.38. The van der Waals surface area contributed by atoms with Crippen molar-refractivity contribution in [2.45, 2.75) is 72.1 Å². The second-order valence-corrected chi connectivity index (χ2v) is 5.28. The molecule has 0 aromatic heterocycles. The maximum Gasteiger partial charge on any atom is 0.333 e. The lowest BCUT2D eigenvalue weighted by Crippen LogP contribution is -2.08. The molecule has 4 nitrogen and oxygen atoms in total. The largest absolute Gasteiger partial charge is 0.463 e. The van der Waals surface area contributed by atoms with E-state index in [1.165, 1.54) is 18.9 Å². The summed E-state index contributed by atoms with van der Waals surface area (Å²) in [6.45, 7) is 14.2. The molecule has 0 unspecified atom stereocenters. The zero-order valence-corrected chi connectivity index (χ0v) is 15.2. The van der Waals surface area contributed by atoms with Crippen molar-refractivity contribution in [3.63, 3.8) is 0 Å². The van der Waals surface area contributed by atoms with E-state index in [4.69, 9.17) is 4.74 Å². The Balaban J connectivity index is 0. The molecule has 0 aromatic carbocycles. The third-order valence-corrected chi connectivity index (χ3v) is 2.98. The van der Waals surface area contributed by atoms with Crippen molar-refractivity contribution in [1.82, 2.24) is 0 Å². The minimum atomic E-state index is -0.330. The van der Waals surface area contributed by atoms with E-state index in [1.54, 1.807) is 0 Å². The molecule has 0 rings (SSSR count). The molecule has 0 aromatic rings. The summed E-state index contributed by atoms with van der Waals surface area (Å²) < 4.78 is 9.74. The predicted molar refractivity (Wildman–Crippen MR) is 95.2 cm³/mol. The standard InChI is InChI=1S/C12H22O2.C7H12O2/c1-4-6-7-8-10-14-12(13)11(3)9-5-2;1-3-5-6-9-7(8)4-2/h3-10H2,1-2H3;4H,2-3,5-6H2,1H3. The third-order valence-electron chi connectivity index (χ3n) is 2.98. The number of carbonyl (C=O) groups excluding carboxylic acids is 2. The van der Waals surface area contributed by atoms with Crippen LogP contribution in [0.2, 0.25) is 0 Å². The zero-order valence-electron chi connectivity index (χ0n) is 15.2. The average molecular weight is 326 g/mol. The maximum atomic E-state index is 11.2. The van der Waals surface area contributed by atoms with Crippen LogP contribution in [0.5, 0.6) is 0 Å². The smallest absolute Gasteiger partial charge is 0.333 e. The van der Waals surface area contributed by atoms with Crippen LogP contribution in [0.3, 0.4) is 0 Å². The molecule has 0 spiro atoms. The van der Waals surface area contributed by atoms with E-state index in [2.05, 4.69) is 24.8 Å². The highest BCUT2D eigenvalue weighted by atomic mass is 16.5. The molecule has 0 fully saturated rings.